The van der Waals surface area contributed by atoms with Crippen molar-refractivity contribution >= 4 is 12.0 Å². The third kappa shape index (κ3) is 5.93. The van der Waals surface area contributed by atoms with Crippen LogP contribution in [0.5, 0.6) is 0 Å². The molecule has 15 heavy (non-hydrogen) atoms. The molecule has 0 rings (SSSR count). The number of hydrogen-bond acceptors (Lipinski definition) is 2. The Hall–Kier alpha value is -1.26. The van der Waals surface area contributed by atoms with Gasteiger partial charge in [0.25, 0.3) is 0 Å². The fourth-order valence-corrected chi connectivity index (χ4v) is 1.53. The van der Waals surface area contributed by atoms with Gasteiger partial charge in [0, 0.05) is 6.04 Å². The van der Waals surface area contributed by atoms with E-state index < -0.39 is 12.0 Å². The lowest BCUT2D eigenvalue weighted by Crippen LogP contribution is -2.45. The number of nitrogens with one attached hydrogen (secondary N) is 2. The predicted octanol–water partition coefficient (Wildman–Crippen LogP) is 1.19. The van der Waals surface area contributed by atoms with Crippen molar-refractivity contribution in [2.45, 2.75) is 39.7 Å². The van der Waals surface area contributed by atoms with Crippen LogP contribution in [0.15, 0.2) is 0 Å². The Balaban J connectivity index is 3.89. The van der Waals surface area contributed by atoms with Crippen molar-refractivity contribution in [3.8, 4) is 0 Å². The summed E-state index contributed by atoms with van der Waals surface area (Å²) in [4.78, 5) is 21.4. The molecule has 1 atom stereocenters. The van der Waals surface area contributed by atoms with Crippen molar-refractivity contribution in [3.63, 3.8) is 0 Å². The van der Waals surface area contributed by atoms with Gasteiger partial charge in [-0.25, -0.2) is 4.79 Å². The first kappa shape index (κ1) is 13.7. The van der Waals surface area contributed by atoms with Crippen LogP contribution in [0.1, 0.15) is 33.6 Å². The molecule has 3 N–H and O–H groups in total. The molecule has 0 bridgehead atoms. The highest BCUT2D eigenvalue weighted by Crippen LogP contribution is 2.12. The molecule has 0 radical (unpaired) electrons. The van der Waals surface area contributed by atoms with Crippen LogP contribution in [-0.4, -0.2) is 29.7 Å². The zero-order chi connectivity index (χ0) is 11.8. The molecule has 0 aliphatic rings. The molecule has 5 heteroatoms. The number of aliphatic carboxylic acids is 1. The van der Waals surface area contributed by atoms with E-state index in [-0.39, 0.29) is 12.6 Å². The Morgan fingerprint density at radius 3 is 2.20 bits per heavy atom. The van der Waals surface area contributed by atoms with E-state index in [0.717, 1.165) is 12.8 Å². The molecule has 0 aromatic carbocycles. The van der Waals surface area contributed by atoms with E-state index in [4.69, 9.17) is 5.11 Å². The van der Waals surface area contributed by atoms with Crippen LogP contribution in [0, 0.1) is 5.92 Å². The van der Waals surface area contributed by atoms with Gasteiger partial charge in [-0.2, -0.15) is 0 Å². The Morgan fingerprint density at radius 1 is 1.27 bits per heavy atom. The minimum atomic E-state index is -1.04. The van der Waals surface area contributed by atoms with Gasteiger partial charge in [0.15, 0.2) is 0 Å². The molecule has 0 aliphatic heterocycles. The van der Waals surface area contributed by atoms with E-state index >= 15 is 0 Å². The second kappa shape index (κ2) is 7.09. The smallest absolute Gasteiger partial charge is 0.323 e. The summed E-state index contributed by atoms with van der Waals surface area (Å²) in [5.41, 5.74) is 0. The third-order valence-corrected chi connectivity index (χ3v) is 2.51. The van der Waals surface area contributed by atoms with Crippen molar-refractivity contribution in [2.24, 2.45) is 5.92 Å². The first-order valence-electron chi connectivity index (χ1n) is 5.27. The van der Waals surface area contributed by atoms with Crippen LogP contribution < -0.4 is 10.6 Å². The first-order valence-corrected chi connectivity index (χ1v) is 5.27. The van der Waals surface area contributed by atoms with E-state index in [9.17, 15) is 9.59 Å². The van der Waals surface area contributed by atoms with Crippen LogP contribution in [0.4, 0.5) is 4.79 Å². The van der Waals surface area contributed by atoms with E-state index in [2.05, 4.69) is 24.5 Å². The molecule has 0 aromatic rings. The second-order valence-electron chi connectivity index (χ2n) is 3.59. The van der Waals surface area contributed by atoms with E-state index in [1.807, 2.05) is 6.92 Å². The van der Waals surface area contributed by atoms with Crippen LogP contribution in [0.25, 0.3) is 0 Å². The lowest BCUT2D eigenvalue weighted by molar-refractivity contribution is -0.135. The average molecular weight is 216 g/mol. The molecule has 1 unspecified atom stereocenters. The summed E-state index contributed by atoms with van der Waals surface area (Å²) in [5.74, 6) is -0.610. The Bertz CT molecular complexity index is 215. The molecule has 0 saturated carbocycles. The monoisotopic (exact) mass is 216 g/mol. The molecule has 0 spiro atoms. The van der Waals surface area contributed by atoms with Gasteiger partial charge in [0.1, 0.15) is 6.54 Å². The fraction of sp³-hybridized carbons (Fsp3) is 0.800. The van der Waals surface area contributed by atoms with Crippen molar-refractivity contribution < 1.29 is 14.7 Å². The normalized spacial score (nSPS) is 12.3. The largest absolute Gasteiger partial charge is 0.480 e. The quantitative estimate of drug-likeness (QED) is 0.624. The van der Waals surface area contributed by atoms with Crippen LogP contribution in [-0.2, 0) is 4.79 Å². The number of carbonyl (C=O) groups is 2. The topological polar surface area (TPSA) is 78.4 Å². The molecule has 0 heterocycles. The first-order chi connectivity index (χ1) is 7.01. The number of rotatable bonds is 6. The number of hydrogen-bond donors (Lipinski definition) is 3. The Labute approximate surface area is 90.2 Å². The minimum Gasteiger partial charge on any atom is -0.480 e. The average Bonchev–Trinajstić information content (AvgIpc) is 2.16. The molecular formula is C10H20N2O3. The van der Waals surface area contributed by atoms with Gasteiger partial charge in [-0.15, -0.1) is 0 Å². The van der Waals surface area contributed by atoms with Gasteiger partial charge in [-0.1, -0.05) is 26.7 Å². The summed E-state index contributed by atoms with van der Waals surface area (Å²) in [7, 11) is 0. The van der Waals surface area contributed by atoms with Gasteiger partial charge < -0.3 is 15.7 Å². The maximum absolute atomic E-state index is 11.2. The number of carbonyl (C=O) groups excluding carboxylic acids is 1. The molecule has 0 saturated heterocycles. The highest BCUT2D eigenvalue weighted by atomic mass is 16.4. The summed E-state index contributed by atoms with van der Waals surface area (Å²) in [6.07, 6.45) is 1.99. The van der Waals surface area contributed by atoms with Gasteiger partial charge in [-0.05, 0) is 12.8 Å². The fourth-order valence-electron chi connectivity index (χ4n) is 1.53. The van der Waals surface area contributed by atoms with E-state index in [0.29, 0.717) is 5.92 Å². The molecule has 0 aliphatic carbocycles. The maximum atomic E-state index is 11.2. The lowest BCUT2D eigenvalue weighted by atomic mass is 9.96. The van der Waals surface area contributed by atoms with Crippen molar-refractivity contribution in [3.05, 3.63) is 0 Å². The van der Waals surface area contributed by atoms with E-state index in [1.165, 1.54) is 0 Å². The summed E-state index contributed by atoms with van der Waals surface area (Å²) >= 11 is 0. The molecule has 88 valence electrons. The van der Waals surface area contributed by atoms with E-state index in [1.54, 1.807) is 0 Å². The Kier molecular flexibility index (Phi) is 6.49. The van der Waals surface area contributed by atoms with Gasteiger partial charge >= 0.3 is 12.0 Å². The highest BCUT2D eigenvalue weighted by molar-refractivity contribution is 5.79. The Morgan fingerprint density at radius 2 is 1.80 bits per heavy atom. The summed E-state index contributed by atoms with van der Waals surface area (Å²) < 4.78 is 0. The zero-order valence-electron chi connectivity index (χ0n) is 9.54. The molecule has 0 aromatic heterocycles. The van der Waals surface area contributed by atoms with Crippen LogP contribution >= 0.6 is 0 Å². The highest BCUT2D eigenvalue weighted by Gasteiger charge is 2.15. The van der Waals surface area contributed by atoms with Crippen molar-refractivity contribution in [1.29, 1.82) is 0 Å². The van der Waals surface area contributed by atoms with Gasteiger partial charge in [-0.3, -0.25) is 4.79 Å². The standard InChI is InChI=1S/C10H20N2O3/c1-4-8(5-2)7(3)12-10(15)11-6-9(13)14/h7-8H,4-6H2,1-3H3,(H,13,14)(H2,11,12,15). The van der Waals surface area contributed by atoms with Gasteiger partial charge in [0.05, 0.1) is 0 Å². The van der Waals surface area contributed by atoms with Crippen molar-refractivity contribution in [2.75, 3.05) is 6.54 Å². The van der Waals surface area contributed by atoms with Crippen LogP contribution in [0.2, 0.25) is 0 Å². The maximum Gasteiger partial charge on any atom is 0.323 e. The van der Waals surface area contributed by atoms with Crippen LogP contribution in [0.3, 0.4) is 0 Å². The summed E-state index contributed by atoms with van der Waals surface area (Å²) in [5, 5.41) is 13.3. The second-order valence-corrected chi connectivity index (χ2v) is 3.59. The minimum absolute atomic E-state index is 0.0637. The number of carboxylic acids is 1. The molecule has 0 fully saturated rings. The molecular weight excluding hydrogens is 196 g/mol. The third-order valence-electron chi connectivity index (χ3n) is 2.51. The zero-order valence-corrected chi connectivity index (χ0v) is 9.54. The summed E-state index contributed by atoms with van der Waals surface area (Å²) in [6.45, 7) is 5.72. The SMILES string of the molecule is CCC(CC)C(C)NC(=O)NCC(=O)O. The summed E-state index contributed by atoms with van der Waals surface area (Å²) in [6, 6.07) is -0.356. The molecule has 2 amide bonds. The number of amides is 2. The predicted molar refractivity (Wildman–Crippen MR) is 57.7 cm³/mol. The van der Waals surface area contributed by atoms with Crippen molar-refractivity contribution in [1.82, 2.24) is 10.6 Å². The van der Waals surface area contributed by atoms with Gasteiger partial charge in [0.2, 0.25) is 0 Å². The lowest BCUT2D eigenvalue weighted by Gasteiger charge is -2.22. The number of urea groups is 1. The number of carboxylic acid groups (broad SMARTS) is 1. The molecule has 5 nitrogen and oxygen atoms in total.